The molecule has 188 valence electrons. The smallest absolute Gasteiger partial charge is 0.313 e. The Labute approximate surface area is 215 Å². The molecule has 2 aromatic heterocycles. The molecule has 8 nitrogen and oxygen atoms in total. The Hall–Kier alpha value is -2.97. The maximum absolute atomic E-state index is 13.6. The Morgan fingerprint density at radius 2 is 1.89 bits per heavy atom. The fourth-order valence-corrected chi connectivity index (χ4v) is 6.36. The zero-order valence-corrected chi connectivity index (χ0v) is 21.8. The monoisotopic (exact) mass is 508 g/mol. The number of halogens is 1. The van der Waals surface area contributed by atoms with Crippen molar-refractivity contribution >= 4 is 29.1 Å². The van der Waals surface area contributed by atoms with E-state index in [4.69, 9.17) is 16.7 Å². The summed E-state index contributed by atoms with van der Waals surface area (Å²) in [5.41, 5.74) is 2.83. The van der Waals surface area contributed by atoms with E-state index in [2.05, 4.69) is 24.5 Å². The third-order valence-corrected chi connectivity index (χ3v) is 8.34. The summed E-state index contributed by atoms with van der Waals surface area (Å²) in [5, 5.41) is 15.7. The Bertz CT molecular complexity index is 1410. The molecule has 6 rings (SSSR count). The number of hydrogen-bond donors (Lipinski definition) is 1. The van der Waals surface area contributed by atoms with Crippen molar-refractivity contribution in [1.82, 2.24) is 19.4 Å². The van der Waals surface area contributed by atoms with Crippen molar-refractivity contribution in [2.24, 2.45) is 5.92 Å². The van der Waals surface area contributed by atoms with E-state index in [9.17, 15) is 14.7 Å². The molecule has 1 saturated heterocycles. The average molecular weight is 509 g/mol. The van der Waals surface area contributed by atoms with E-state index in [1.807, 2.05) is 51.7 Å². The van der Waals surface area contributed by atoms with Crippen molar-refractivity contribution in [3.63, 3.8) is 0 Å². The van der Waals surface area contributed by atoms with Crippen LogP contribution in [0, 0.1) is 5.92 Å². The van der Waals surface area contributed by atoms with Crippen LogP contribution in [0.3, 0.4) is 0 Å². The lowest BCUT2D eigenvalue weighted by atomic mass is 9.71. The van der Waals surface area contributed by atoms with Crippen molar-refractivity contribution in [2.75, 3.05) is 19.6 Å². The summed E-state index contributed by atoms with van der Waals surface area (Å²) in [5.74, 6) is 0.0562. The molecule has 1 unspecified atom stereocenters. The van der Waals surface area contributed by atoms with E-state index >= 15 is 0 Å². The molecular weight excluding hydrogens is 478 g/mol. The van der Waals surface area contributed by atoms with Crippen LogP contribution in [0.2, 0.25) is 5.02 Å². The number of rotatable bonds is 3. The van der Waals surface area contributed by atoms with Crippen molar-refractivity contribution in [3.8, 4) is 11.3 Å². The zero-order valence-electron chi connectivity index (χ0n) is 21.0. The largest absolute Gasteiger partial charge is 0.390 e. The van der Waals surface area contributed by atoms with Gasteiger partial charge in [-0.1, -0.05) is 47.2 Å². The van der Waals surface area contributed by atoms with Gasteiger partial charge in [0.25, 0.3) is 0 Å². The van der Waals surface area contributed by atoms with E-state index < -0.39 is 11.3 Å². The highest BCUT2D eigenvalue weighted by atomic mass is 35.5. The Morgan fingerprint density at radius 1 is 1.19 bits per heavy atom. The first-order chi connectivity index (χ1) is 17.0. The first kappa shape index (κ1) is 23.4. The van der Waals surface area contributed by atoms with Gasteiger partial charge in [0, 0.05) is 42.1 Å². The lowest BCUT2D eigenvalue weighted by Crippen LogP contribution is -2.70. The maximum atomic E-state index is 13.6. The van der Waals surface area contributed by atoms with Crippen LogP contribution in [0.15, 0.2) is 36.5 Å². The predicted molar refractivity (Wildman–Crippen MR) is 135 cm³/mol. The summed E-state index contributed by atoms with van der Waals surface area (Å²) >= 11 is 6.09. The molecule has 1 atom stereocenters. The first-order valence-electron chi connectivity index (χ1n) is 12.6. The number of carbonyl (C=O) groups excluding carboxylic acids is 2. The van der Waals surface area contributed by atoms with Gasteiger partial charge in [0.1, 0.15) is 5.69 Å². The lowest BCUT2D eigenvalue weighted by molar-refractivity contribution is -0.749. The number of hydrogen-bond acceptors (Lipinski definition) is 4. The lowest BCUT2D eigenvalue weighted by Gasteiger charge is -2.46. The molecule has 2 fully saturated rings. The van der Waals surface area contributed by atoms with Gasteiger partial charge in [0.2, 0.25) is 17.3 Å². The third-order valence-electron chi connectivity index (χ3n) is 8.09. The second-order valence-electron chi connectivity index (χ2n) is 11.3. The van der Waals surface area contributed by atoms with Crippen LogP contribution < -0.4 is 4.57 Å². The van der Waals surface area contributed by atoms with Gasteiger partial charge in [-0.05, 0) is 43.9 Å². The second kappa shape index (κ2) is 7.76. The summed E-state index contributed by atoms with van der Waals surface area (Å²) in [6.45, 7) is 9.48. The summed E-state index contributed by atoms with van der Waals surface area (Å²) in [7, 11) is 0. The molecule has 2 amide bonds. The zero-order chi connectivity index (χ0) is 25.6. The van der Waals surface area contributed by atoms with Crippen LogP contribution in [-0.2, 0) is 10.5 Å². The van der Waals surface area contributed by atoms with Gasteiger partial charge in [-0.3, -0.25) is 14.5 Å². The highest BCUT2D eigenvalue weighted by molar-refractivity contribution is 6.30. The van der Waals surface area contributed by atoms with Crippen molar-refractivity contribution in [3.05, 3.63) is 52.8 Å². The van der Waals surface area contributed by atoms with Crippen LogP contribution in [0.1, 0.15) is 62.5 Å². The van der Waals surface area contributed by atoms with Gasteiger partial charge in [0.05, 0.1) is 12.1 Å². The molecule has 1 aliphatic carbocycles. The van der Waals surface area contributed by atoms with Crippen LogP contribution >= 0.6 is 11.6 Å². The molecule has 4 heterocycles. The number of piperazine rings is 1. The Balaban J connectivity index is 1.44. The van der Waals surface area contributed by atoms with E-state index in [1.54, 1.807) is 6.92 Å². The predicted octanol–water partition coefficient (Wildman–Crippen LogP) is 3.20. The minimum Gasteiger partial charge on any atom is -0.390 e. The minimum absolute atomic E-state index is 0.0376. The summed E-state index contributed by atoms with van der Waals surface area (Å²) < 4.78 is 3.90. The van der Waals surface area contributed by atoms with Gasteiger partial charge in [-0.15, -0.1) is 0 Å². The number of amides is 2. The molecule has 0 radical (unpaired) electrons. The van der Waals surface area contributed by atoms with E-state index in [0.717, 1.165) is 22.5 Å². The molecule has 3 aromatic rings. The highest BCUT2D eigenvalue weighted by Gasteiger charge is 2.58. The summed E-state index contributed by atoms with van der Waals surface area (Å²) in [6, 6.07) is 9.68. The highest BCUT2D eigenvalue weighted by Crippen LogP contribution is 2.40. The van der Waals surface area contributed by atoms with Gasteiger partial charge < -0.3 is 10.0 Å². The number of aromatic nitrogens is 3. The van der Waals surface area contributed by atoms with Gasteiger partial charge in [-0.2, -0.15) is 4.57 Å². The molecular formula is C27H31ClN5O3+. The van der Waals surface area contributed by atoms with Crippen molar-refractivity contribution < 1.29 is 19.3 Å². The normalized spacial score (nSPS) is 27.4. The fraction of sp³-hybridized carbons (Fsp3) is 0.481. The van der Waals surface area contributed by atoms with Gasteiger partial charge >= 0.3 is 11.6 Å². The molecule has 36 heavy (non-hydrogen) atoms. The number of imidazole rings is 1. The maximum Gasteiger partial charge on any atom is 0.313 e. The molecule has 2 aliphatic heterocycles. The number of carbonyl (C=O) groups is 2. The molecule has 1 saturated carbocycles. The number of fused-ring (bicyclic) bond motifs is 5. The van der Waals surface area contributed by atoms with Crippen LogP contribution in [0.4, 0.5) is 0 Å². The van der Waals surface area contributed by atoms with Crippen molar-refractivity contribution in [1.29, 1.82) is 0 Å². The van der Waals surface area contributed by atoms with E-state index in [0.29, 0.717) is 43.2 Å². The van der Waals surface area contributed by atoms with Crippen LogP contribution in [0.5, 0.6) is 0 Å². The second-order valence-corrected chi connectivity index (χ2v) is 11.7. The number of aliphatic hydroxyl groups is 1. The third kappa shape index (κ3) is 3.38. The molecule has 3 aliphatic rings. The van der Waals surface area contributed by atoms with Crippen LogP contribution in [-0.4, -0.2) is 61.6 Å². The molecule has 1 N–H and O–H groups in total. The number of nitrogens with zero attached hydrogens (tertiary/aromatic N) is 5. The summed E-state index contributed by atoms with van der Waals surface area (Å²) in [6.07, 6.45) is 2.80. The average Bonchev–Trinajstić information content (AvgIpc) is 3.30. The standard InChI is InChI=1S/C27H31ClN5O3/c1-16(2)20-11-21(17-5-7-19(28)8-6-17)29-32-14-22-25(35)31-10-9-30(15-27(31,4)33(22)23(20)32)24(34)18-12-26(3,36)13-18/h5-8,11,14,16,18,36H,9-10,12-13,15H2,1-4H3/q+1. The minimum atomic E-state index is -0.755. The topological polar surface area (TPSA) is 82.0 Å². The summed E-state index contributed by atoms with van der Waals surface area (Å²) in [4.78, 5) is 30.6. The molecule has 0 spiro atoms. The fourth-order valence-electron chi connectivity index (χ4n) is 6.23. The van der Waals surface area contributed by atoms with Crippen LogP contribution in [0.25, 0.3) is 16.9 Å². The first-order valence-corrected chi connectivity index (χ1v) is 12.9. The Morgan fingerprint density at radius 3 is 2.53 bits per heavy atom. The quantitative estimate of drug-likeness (QED) is 0.551. The van der Waals surface area contributed by atoms with Crippen molar-refractivity contribution in [2.45, 2.75) is 57.7 Å². The molecule has 1 aromatic carbocycles. The SMILES string of the molecule is CC(C)c1cc(-c2ccc(Cl)cc2)nn2cc3[n+](c12)C1(C)CN(C(=O)C2CC(C)(O)C2)CCN1C3=O. The number of benzene rings is 1. The van der Waals surface area contributed by atoms with Gasteiger partial charge in [-0.25, -0.2) is 0 Å². The molecule has 0 bridgehead atoms. The Kier molecular flexibility index (Phi) is 5.05. The van der Waals surface area contributed by atoms with E-state index in [1.165, 1.54) is 0 Å². The molecule has 9 heteroatoms. The van der Waals surface area contributed by atoms with Gasteiger partial charge in [0.15, 0.2) is 6.20 Å². The van der Waals surface area contributed by atoms with E-state index in [-0.39, 0.29) is 23.7 Å².